The highest BCUT2D eigenvalue weighted by molar-refractivity contribution is 5.88. The Labute approximate surface area is 121 Å². The van der Waals surface area contributed by atoms with Crippen LogP contribution >= 0.6 is 12.4 Å². The topological polar surface area (TPSA) is 27.6 Å². The van der Waals surface area contributed by atoms with Crippen LogP contribution in [0.1, 0.15) is 24.0 Å². The van der Waals surface area contributed by atoms with Crippen molar-refractivity contribution in [2.75, 3.05) is 24.5 Å². The minimum Gasteiger partial charge on any atom is -0.370 e. The monoisotopic (exact) mass is 279 g/mol. The second-order valence-electron chi connectivity index (χ2n) is 5.33. The van der Waals surface area contributed by atoms with Crippen LogP contribution in [0.25, 0.3) is 0 Å². The largest absolute Gasteiger partial charge is 0.370 e. The summed E-state index contributed by atoms with van der Waals surface area (Å²) in [5, 5.41) is 3.38. The molecule has 0 amide bonds. The predicted octanol–water partition coefficient (Wildman–Crippen LogP) is 2.70. The molecule has 3 nitrogen and oxygen atoms in total. The van der Waals surface area contributed by atoms with Crippen molar-refractivity contribution in [3.05, 3.63) is 29.3 Å². The molecule has 3 rings (SSSR count). The van der Waals surface area contributed by atoms with Gasteiger partial charge in [-0.25, -0.2) is 0 Å². The molecule has 1 aromatic rings. The molecule has 0 atom stereocenters. The average molecular weight is 280 g/mol. The van der Waals surface area contributed by atoms with E-state index in [0.717, 1.165) is 31.5 Å². The SMILES string of the molecule is Cc1cccc(N(CC2=NCCN2)C2CC2)c1C.Cl. The molecule has 1 aliphatic carbocycles. The first-order valence-electron chi connectivity index (χ1n) is 6.86. The van der Waals surface area contributed by atoms with Gasteiger partial charge in [-0.15, -0.1) is 12.4 Å². The van der Waals surface area contributed by atoms with Crippen LogP contribution in [0, 0.1) is 13.8 Å². The third kappa shape index (κ3) is 3.03. The Balaban J connectivity index is 0.00000133. The Morgan fingerprint density at radius 2 is 2.11 bits per heavy atom. The van der Waals surface area contributed by atoms with Crippen LogP contribution < -0.4 is 10.2 Å². The highest BCUT2D eigenvalue weighted by Crippen LogP contribution is 2.34. The van der Waals surface area contributed by atoms with E-state index in [1.807, 2.05) is 0 Å². The lowest BCUT2D eigenvalue weighted by molar-refractivity contribution is 0.855. The summed E-state index contributed by atoms with van der Waals surface area (Å²) in [5.74, 6) is 1.16. The molecule has 19 heavy (non-hydrogen) atoms. The van der Waals surface area contributed by atoms with Crippen molar-refractivity contribution in [2.24, 2.45) is 4.99 Å². The van der Waals surface area contributed by atoms with Gasteiger partial charge < -0.3 is 10.2 Å². The predicted molar refractivity (Wildman–Crippen MR) is 83.8 cm³/mol. The standard InChI is InChI=1S/C15H21N3.ClH/c1-11-4-3-5-14(12(11)2)18(13-6-7-13)10-15-16-8-9-17-15;/h3-5,13H,6-10H2,1-2H3,(H,16,17);1H. The average Bonchev–Trinajstić information content (AvgIpc) is 3.08. The van der Waals surface area contributed by atoms with Crippen LogP contribution in [0.3, 0.4) is 0 Å². The first-order valence-corrected chi connectivity index (χ1v) is 6.86. The maximum absolute atomic E-state index is 4.53. The first kappa shape index (κ1) is 14.2. The van der Waals surface area contributed by atoms with Crippen molar-refractivity contribution in [3.63, 3.8) is 0 Å². The number of rotatable bonds is 4. The fourth-order valence-corrected chi connectivity index (χ4v) is 2.56. The van der Waals surface area contributed by atoms with Crippen molar-refractivity contribution < 1.29 is 0 Å². The van der Waals surface area contributed by atoms with Crippen LogP contribution in [0.5, 0.6) is 0 Å². The van der Waals surface area contributed by atoms with Gasteiger partial charge in [0.05, 0.1) is 13.1 Å². The Morgan fingerprint density at radius 1 is 1.32 bits per heavy atom. The summed E-state index contributed by atoms with van der Waals surface area (Å²) in [4.78, 5) is 7.05. The van der Waals surface area contributed by atoms with Gasteiger partial charge in [0.15, 0.2) is 0 Å². The summed E-state index contributed by atoms with van der Waals surface area (Å²) in [6.07, 6.45) is 2.64. The fourth-order valence-electron chi connectivity index (χ4n) is 2.56. The van der Waals surface area contributed by atoms with Gasteiger partial charge in [-0.05, 0) is 43.9 Å². The van der Waals surface area contributed by atoms with Gasteiger partial charge in [0.25, 0.3) is 0 Å². The summed E-state index contributed by atoms with van der Waals surface area (Å²) < 4.78 is 0. The van der Waals surface area contributed by atoms with Crippen LogP contribution in [0.2, 0.25) is 0 Å². The number of halogens is 1. The van der Waals surface area contributed by atoms with E-state index in [4.69, 9.17) is 0 Å². The lowest BCUT2D eigenvalue weighted by Crippen LogP contribution is -2.37. The van der Waals surface area contributed by atoms with E-state index in [9.17, 15) is 0 Å². The molecule has 1 saturated carbocycles. The molecule has 104 valence electrons. The molecule has 0 saturated heterocycles. The van der Waals surface area contributed by atoms with Gasteiger partial charge in [0, 0.05) is 18.3 Å². The third-order valence-electron chi connectivity index (χ3n) is 3.94. The molecule has 0 aromatic heterocycles. The number of nitrogens with one attached hydrogen (secondary N) is 1. The van der Waals surface area contributed by atoms with Gasteiger partial charge in [-0.1, -0.05) is 12.1 Å². The molecule has 2 aliphatic rings. The number of anilines is 1. The molecule has 0 spiro atoms. The molecule has 1 N–H and O–H groups in total. The molecular formula is C15H22ClN3. The summed E-state index contributed by atoms with van der Waals surface area (Å²) in [5.41, 5.74) is 4.16. The number of hydrogen-bond donors (Lipinski definition) is 1. The number of aryl methyl sites for hydroxylation is 1. The molecule has 0 bridgehead atoms. The van der Waals surface area contributed by atoms with E-state index in [1.165, 1.54) is 29.7 Å². The number of nitrogens with zero attached hydrogens (tertiary/aromatic N) is 2. The van der Waals surface area contributed by atoms with Crippen LogP contribution in [0.15, 0.2) is 23.2 Å². The number of benzene rings is 1. The molecule has 1 heterocycles. The molecule has 1 aliphatic heterocycles. The summed E-state index contributed by atoms with van der Waals surface area (Å²) in [6.45, 7) is 7.29. The van der Waals surface area contributed by atoms with E-state index in [1.54, 1.807) is 0 Å². The van der Waals surface area contributed by atoms with E-state index in [2.05, 4.69) is 47.3 Å². The number of amidine groups is 1. The van der Waals surface area contributed by atoms with Gasteiger partial charge in [-0.3, -0.25) is 4.99 Å². The smallest absolute Gasteiger partial charge is 0.116 e. The minimum atomic E-state index is 0. The van der Waals surface area contributed by atoms with E-state index in [0.29, 0.717) is 0 Å². The lowest BCUT2D eigenvalue weighted by atomic mass is 10.1. The molecule has 1 aromatic carbocycles. The zero-order valence-corrected chi connectivity index (χ0v) is 12.5. The van der Waals surface area contributed by atoms with Gasteiger partial charge in [-0.2, -0.15) is 0 Å². The Hall–Kier alpha value is -1.22. The van der Waals surface area contributed by atoms with Crippen LogP contribution in [-0.2, 0) is 0 Å². The second kappa shape index (κ2) is 5.83. The highest BCUT2D eigenvalue weighted by atomic mass is 35.5. The summed E-state index contributed by atoms with van der Waals surface area (Å²) >= 11 is 0. The van der Waals surface area contributed by atoms with E-state index in [-0.39, 0.29) is 12.4 Å². The Morgan fingerprint density at radius 3 is 2.74 bits per heavy atom. The normalized spacial score (nSPS) is 17.5. The van der Waals surface area contributed by atoms with Gasteiger partial charge in [0.2, 0.25) is 0 Å². The van der Waals surface area contributed by atoms with Gasteiger partial charge >= 0.3 is 0 Å². The third-order valence-corrected chi connectivity index (χ3v) is 3.94. The number of hydrogen-bond acceptors (Lipinski definition) is 3. The highest BCUT2D eigenvalue weighted by Gasteiger charge is 2.31. The number of aliphatic imine (C=N–C) groups is 1. The minimum absolute atomic E-state index is 0. The van der Waals surface area contributed by atoms with Crippen LogP contribution in [0.4, 0.5) is 5.69 Å². The maximum Gasteiger partial charge on any atom is 0.116 e. The van der Waals surface area contributed by atoms with Crippen molar-refractivity contribution in [3.8, 4) is 0 Å². The first-order chi connectivity index (χ1) is 8.75. The van der Waals surface area contributed by atoms with Crippen molar-refractivity contribution in [1.29, 1.82) is 0 Å². The molecular weight excluding hydrogens is 258 g/mol. The Bertz CT molecular complexity index is 480. The van der Waals surface area contributed by atoms with Crippen molar-refractivity contribution in [1.82, 2.24) is 5.32 Å². The van der Waals surface area contributed by atoms with Gasteiger partial charge in [0.1, 0.15) is 5.84 Å². The molecule has 4 heteroatoms. The Kier molecular flexibility index (Phi) is 4.35. The lowest BCUT2D eigenvalue weighted by Gasteiger charge is -2.27. The molecule has 0 radical (unpaired) electrons. The maximum atomic E-state index is 4.53. The zero-order chi connectivity index (χ0) is 12.5. The molecule has 0 unspecified atom stereocenters. The van der Waals surface area contributed by atoms with Crippen molar-refractivity contribution >= 4 is 23.9 Å². The van der Waals surface area contributed by atoms with Crippen LogP contribution in [-0.4, -0.2) is 31.5 Å². The second-order valence-corrected chi connectivity index (χ2v) is 5.33. The quantitative estimate of drug-likeness (QED) is 0.918. The van der Waals surface area contributed by atoms with E-state index < -0.39 is 0 Å². The zero-order valence-electron chi connectivity index (χ0n) is 11.6. The molecule has 1 fully saturated rings. The van der Waals surface area contributed by atoms with E-state index >= 15 is 0 Å². The fraction of sp³-hybridized carbons (Fsp3) is 0.533. The summed E-state index contributed by atoms with van der Waals surface area (Å²) in [6, 6.07) is 7.32. The van der Waals surface area contributed by atoms with Crippen molar-refractivity contribution in [2.45, 2.75) is 32.7 Å². The summed E-state index contributed by atoms with van der Waals surface area (Å²) in [7, 11) is 0.